The number of benzene rings is 1. The highest BCUT2D eigenvalue weighted by molar-refractivity contribution is 8.07. The molecule has 0 saturated carbocycles. The molecule has 4 aromatic rings. The SMILES string of the molecule is CC(C)C(NCCCCCN1C(=O)C=CC1=O)C(=O)NC(CCCNC(N)=O)C(=O)Nc1ccc(Nc2ncnc3c2ncn3[C@@H]2O[C@@H]3COP(O)(=S)O[C@H]4[C@@H](F)[C@H](n5ccc(=O)[nH]c5=O)O[C@@H]4COP(=O)(O)O[C@H]3[C@H]2F)cc1. The van der Waals surface area contributed by atoms with Gasteiger partial charge in [-0.1, -0.05) is 20.3 Å². The predicted molar refractivity (Wildman–Crippen MR) is 276 cm³/mol. The zero-order valence-electron chi connectivity index (χ0n) is 42.1. The summed E-state index contributed by atoms with van der Waals surface area (Å²) in [5.74, 6) is -1.71. The van der Waals surface area contributed by atoms with Crippen LogP contribution >= 0.6 is 14.5 Å². The van der Waals surface area contributed by atoms with Gasteiger partial charge in [-0.2, -0.15) is 0 Å². The highest BCUT2D eigenvalue weighted by atomic mass is 32.5. The first-order valence-electron chi connectivity index (χ1n) is 24.8. The number of carbonyl (C=O) groups excluding carboxylic acids is 5. The van der Waals surface area contributed by atoms with E-state index in [4.69, 9.17) is 45.1 Å². The van der Waals surface area contributed by atoms with Crippen molar-refractivity contribution in [1.82, 2.24) is 49.9 Å². The second kappa shape index (κ2) is 25.4. The zero-order chi connectivity index (χ0) is 56.8. The van der Waals surface area contributed by atoms with Gasteiger partial charge in [-0.15, -0.1) is 0 Å². The number of ether oxygens (including phenoxy) is 2. The van der Waals surface area contributed by atoms with Crippen LogP contribution in [0.4, 0.5) is 30.8 Å². The second-order valence-corrected chi connectivity index (χ2v) is 23.0. The highest BCUT2D eigenvalue weighted by Gasteiger charge is 2.54. The number of halogens is 2. The standard InChI is InChI=1S/C45H57F2N13O16P2S/c1-23(2)34(49-15-4-3-5-17-58-30(62)12-13-31(58)63)41(65)56-26(7-6-16-50-44(48)66)40(64)55-25-10-8-24(9-11-25)54-38-35-39(52-21-51-38)60(22-53-35)43-32(46)36-28(74-43)20-72-78(70,79)76-37-27(19-71-77(68,69)75-36)73-42(33(37)47)59-18-14-29(61)57-45(59)67/h8-14,18,21-23,26-28,32-34,36-37,42-43,49H,3-7,15-17,19-20H2,1-2H3,(H,55,64)(H,56,65)(H,68,69)(H,70,79)(H3,48,50,66)(H,51,52,54)(H,57,61,67)/t26?,27-,28-,32-,33-,34?,36-,37-,42-,43-,78?/m1/s1. The van der Waals surface area contributed by atoms with Crippen molar-refractivity contribution in [2.75, 3.05) is 43.5 Å². The number of amides is 6. The van der Waals surface area contributed by atoms with Crippen molar-refractivity contribution in [3.05, 3.63) is 82.2 Å². The fraction of sp³-hybridized carbons (Fsp3) is 0.511. The average Bonchev–Trinajstić information content (AvgIpc) is 4.35. The number of primary amides is 1. The number of rotatable bonds is 20. The molecule has 12 atom stereocenters. The third kappa shape index (κ3) is 14.6. The summed E-state index contributed by atoms with van der Waals surface area (Å²) in [5, 5.41) is 14.4. The summed E-state index contributed by atoms with van der Waals surface area (Å²) < 4.78 is 80.6. The molecule has 34 heteroatoms. The molecule has 3 fully saturated rings. The molecule has 4 unspecified atom stereocenters. The molecule has 0 bridgehead atoms. The summed E-state index contributed by atoms with van der Waals surface area (Å²) in [6, 6.07) is 4.80. The van der Waals surface area contributed by atoms with Gasteiger partial charge in [0.2, 0.25) is 11.8 Å². The summed E-state index contributed by atoms with van der Waals surface area (Å²) in [6.45, 7) is -1.68. The van der Waals surface area contributed by atoms with Crippen molar-refractivity contribution < 1.29 is 74.7 Å². The van der Waals surface area contributed by atoms with Crippen LogP contribution < -0.4 is 43.6 Å². The Kier molecular flexibility index (Phi) is 19.0. The Bertz CT molecular complexity index is 3140. The number of H-pyrrole nitrogens is 1. The number of imidazole rings is 1. The average molecular weight is 1170 g/mol. The van der Waals surface area contributed by atoms with E-state index < -0.39 is 118 Å². The summed E-state index contributed by atoms with van der Waals surface area (Å²) in [5.41, 5.74) is 4.27. The molecule has 79 heavy (non-hydrogen) atoms. The quantitative estimate of drug-likeness (QED) is 0.0342. The Balaban J connectivity index is 0.895. The number of hydrogen-bond acceptors (Lipinski definition) is 20. The van der Waals surface area contributed by atoms with Gasteiger partial charge in [0.1, 0.15) is 36.8 Å². The van der Waals surface area contributed by atoms with E-state index in [-0.39, 0.29) is 47.7 Å². The summed E-state index contributed by atoms with van der Waals surface area (Å²) in [6.07, 6.45) is -6.99. The number of nitrogens with zero attached hydrogens (tertiary/aromatic N) is 6. The first kappa shape index (κ1) is 58.9. The molecule has 1 aromatic carbocycles. The molecule has 8 rings (SSSR count). The van der Waals surface area contributed by atoms with Gasteiger partial charge < -0.3 is 56.1 Å². The minimum Gasteiger partial charge on any atom is -0.352 e. The lowest BCUT2D eigenvalue weighted by Crippen LogP contribution is -2.53. The smallest absolute Gasteiger partial charge is 0.352 e. The Labute approximate surface area is 452 Å². The maximum atomic E-state index is 16.6. The van der Waals surface area contributed by atoms with E-state index >= 15 is 8.78 Å². The molecule has 4 aliphatic heterocycles. The van der Waals surface area contributed by atoms with Gasteiger partial charge in [0, 0.05) is 48.9 Å². The number of phosphoric acid groups is 1. The van der Waals surface area contributed by atoms with E-state index in [1.165, 1.54) is 17.1 Å². The first-order valence-corrected chi connectivity index (χ1v) is 28.8. The van der Waals surface area contributed by atoms with E-state index in [0.29, 0.717) is 54.7 Å². The predicted octanol–water partition coefficient (Wildman–Crippen LogP) is 1.31. The number of alkyl halides is 2. The minimum atomic E-state index is -5.27. The van der Waals surface area contributed by atoms with E-state index in [9.17, 15) is 47.9 Å². The van der Waals surface area contributed by atoms with Crippen molar-refractivity contribution in [2.45, 2.75) is 107 Å². The van der Waals surface area contributed by atoms with Crippen LogP contribution in [0.25, 0.3) is 11.2 Å². The largest absolute Gasteiger partial charge is 0.472 e. The molecular formula is C45H57F2N13O16P2S. The van der Waals surface area contributed by atoms with Crippen LogP contribution in [0.15, 0.2) is 70.9 Å². The molecule has 6 amide bonds. The topological polar surface area (TPSA) is 386 Å². The Hall–Kier alpha value is -6.28. The van der Waals surface area contributed by atoms with E-state index in [1.54, 1.807) is 24.3 Å². The molecule has 4 aliphatic rings. The van der Waals surface area contributed by atoms with Crippen LogP contribution in [0.3, 0.4) is 0 Å². The molecule has 29 nitrogen and oxygen atoms in total. The fourth-order valence-electron chi connectivity index (χ4n) is 8.98. The molecule has 0 spiro atoms. The van der Waals surface area contributed by atoms with E-state index in [2.05, 4.69) is 41.5 Å². The molecule has 7 heterocycles. The van der Waals surface area contributed by atoms with Gasteiger partial charge in [-0.3, -0.25) is 56.6 Å². The lowest BCUT2D eigenvalue weighted by molar-refractivity contribution is -0.137. The van der Waals surface area contributed by atoms with E-state index in [0.717, 1.165) is 29.5 Å². The lowest BCUT2D eigenvalue weighted by Gasteiger charge is -2.28. The number of urea groups is 1. The summed E-state index contributed by atoms with van der Waals surface area (Å²) in [4.78, 5) is 124. The van der Waals surface area contributed by atoms with Crippen LogP contribution in [-0.2, 0) is 63.1 Å². The number of aromatic nitrogens is 6. The van der Waals surface area contributed by atoms with Crippen LogP contribution in [-0.4, -0.2) is 155 Å². The number of hydrogen-bond donors (Lipinski definition) is 9. The number of aromatic amines is 1. The number of carbonyl (C=O) groups is 5. The molecule has 3 saturated heterocycles. The fourth-order valence-corrected chi connectivity index (χ4v) is 11.4. The van der Waals surface area contributed by atoms with Crippen molar-refractivity contribution in [2.24, 2.45) is 11.7 Å². The Morgan fingerprint density at radius 3 is 2.18 bits per heavy atom. The molecule has 428 valence electrons. The normalized spacial score (nSPS) is 27.9. The third-order valence-electron chi connectivity index (χ3n) is 12.9. The minimum absolute atomic E-state index is 0.0128. The third-order valence-corrected chi connectivity index (χ3v) is 15.4. The van der Waals surface area contributed by atoms with Gasteiger partial charge in [0.15, 0.2) is 41.8 Å². The number of anilines is 3. The number of nitrogens with one attached hydrogen (secondary N) is 6. The van der Waals surface area contributed by atoms with Gasteiger partial charge in [-0.25, -0.2) is 37.9 Å². The molecule has 0 radical (unpaired) electrons. The van der Waals surface area contributed by atoms with Crippen LogP contribution in [0, 0.1) is 5.92 Å². The number of nitrogens with two attached hydrogens (primary N) is 1. The number of fused-ring (bicyclic) bond motifs is 3. The van der Waals surface area contributed by atoms with Crippen molar-refractivity contribution >= 4 is 84.4 Å². The molecule has 10 N–H and O–H groups in total. The summed E-state index contributed by atoms with van der Waals surface area (Å²) >= 11 is 5.14. The Morgan fingerprint density at radius 1 is 0.848 bits per heavy atom. The van der Waals surface area contributed by atoms with E-state index in [1.807, 2.05) is 18.8 Å². The molecule has 0 aliphatic carbocycles. The monoisotopic (exact) mass is 1170 g/mol. The van der Waals surface area contributed by atoms with Crippen LogP contribution in [0.2, 0.25) is 0 Å². The Morgan fingerprint density at radius 2 is 1.51 bits per heavy atom. The lowest BCUT2D eigenvalue weighted by atomic mass is 10.0. The van der Waals surface area contributed by atoms with Gasteiger partial charge in [-0.05, 0) is 74.2 Å². The second-order valence-electron chi connectivity index (χ2n) is 18.8. The number of imide groups is 1. The van der Waals surface area contributed by atoms with Gasteiger partial charge >= 0.3 is 26.3 Å². The number of phosphoric ester groups is 1. The first-order chi connectivity index (χ1) is 37.6. The summed E-state index contributed by atoms with van der Waals surface area (Å²) in [7, 11) is -5.27. The maximum Gasteiger partial charge on any atom is 0.472 e. The molecule has 3 aromatic heterocycles. The van der Waals surface area contributed by atoms with Gasteiger partial charge in [0.05, 0.1) is 25.6 Å². The van der Waals surface area contributed by atoms with Crippen molar-refractivity contribution in [3.63, 3.8) is 0 Å². The zero-order valence-corrected chi connectivity index (χ0v) is 44.7. The van der Waals surface area contributed by atoms with Crippen LogP contribution in [0.5, 0.6) is 0 Å². The highest BCUT2D eigenvalue weighted by Crippen LogP contribution is 2.54. The molecular weight excluding hydrogens is 1110 g/mol. The maximum absolute atomic E-state index is 16.6. The van der Waals surface area contributed by atoms with Crippen LogP contribution in [0.1, 0.15) is 58.4 Å². The number of unbranched alkanes of at least 4 members (excludes halogenated alkanes) is 2. The van der Waals surface area contributed by atoms with Gasteiger partial charge in [0.25, 0.3) is 17.4 Å². The van der Waals surface area contributed by atoms with Crippen molar-refractivity contribution in [3.8, 4) is 0 Å². The van der Waals surface area contributed by atoms with Crippen molar-refractivity contribution in [1.29, 1.82) is 0 Å².